The Morgan fingerprint density at radius 2 is 1.23 bits per heavy atom. The molecule has 8 aliphatic rings. The number of aromatic hydroxyl groups is 3. The molecule has 8 aliphatic heterocycles. The Kier molecular flexibility index (Phi) is 28.2. The number of fused-ring (bicyclic) bond motifs is 15. The van der Waals surface area contributed by atoms with E-state index in [-0.39, 0.29) is 77.0 Å². The Bertz CT molecular complexity index is 5250. The van der Waals surface area contributed by atoms with Crippen molar-refractivity contribution < 1.29 is 127 Å². The third kappa shape index (κ3) is 20.2. The number of aliphatic hydroxyl groups is 6. The zero-order valence-electron chi connectivity index (χ0n) is 69.2. The summed E-state index contributed by atoms with van der Waals surface area (Å²) < 4.78 is 52.2. The van der Waals surface area contributed by atoms with Gasteiger partial charge in [-0.05, 0) is 153 Å². The van der Waals surface area contributed by atoms with Crippen LogP contribution in [0.2, 0.25) is 10.0 Å². The van der Waals surface area contributed by atoms with Crippen molar-refractivity contribution in [3.8, 4) is 68.2 Å². The van der Waals surface area contributed by atoms with Crippen molar-refractivity contribution in [3.63, 3.8) is 0 Å². The molecule has 0 saturated carbocycles. The van der Waals surface area contributed by atoms with E-state index in [2.05, 4.69) is 42.5 Å². The summed E-state index contributed by atoms with van der Waals surface area (Å²) in [5.41, 5.74) is 15.8. The first-order valence-corrected chi connectivity index (χ1v) is 41.4. The second-order valence-electron chi connectivity index (χ2n) is 33.2. The highest BCUT2D eigenvalue weighted by Crippen LogP contribution is 2.51. The number of carbonyl (C=O) groups is 8. The summed E-state index contributed by atoms with van der Waals surface area (Å²) in [7, 11) is 1.48. The summed E-state index contributed by atoms with van der Waals surface area (Å²) in [4.78, 5) is 122. The molecular formula is C87H101Cl2N11O26. The van der Waals surface area contributed by atoms with E-state index in [1.807, 2.05) is 50.2 Å². The Morgan fingerprint density at radius 1 is 0.635 bits per heavy atom. The van der Waals surface area contributed by atoms with Gasteiger partial charge >= 0.3 is 5.97 Å². The van der Waals surface area contributed by atoms with Gasteiger partial charge in [-0.15, -0.1) is 0 Å². The number of aliphatic hydroxyl groups excluding tert-OH is 6. The average Bonchev–Trinajstić information content (AvgIpc) is 0.752. The Hall–Kier alpha value is -10.9. The first-order valence-electron chi connectivity index (χ1n) is 40.6. The van der Waals surface area contributed by atoms with E-state index < -0.39 is 250 Å². The topological polar surface area (TPSA) is 587 Å². The quantitative estimate of drug-likeness (QED) is 0.0520. The van der Waals surface area contributed by atoms with Crippen molar-refractivity contribution in [1.29, 1.82) is 0 Å². The van der Waals surface area contributed by atoms with E-state index in [1.165, 1.54) is 71.1 Å². The van der Waals surface area contributed by atoms with Crippen molar-refractivity contribution in [3.05, 3.63) is 176 Å². The number of phenolic OH excluding ortho intramolecular Hbond substituents is 3. The molecule has 39 heteroatoms. The number of carboxylic acid groups (broad SMARTS) is 1. The first-order chi connectivity index (χ1) is 59.7. The molecule has 3 saturated heterocycles. The van der Waals surface area contributed by atoms with Gasteiger partial charge in [0.15, 0.2) is 36.2 Å². The molecule has 7 aromatic carbocycles. The van der Waals surface area contributed by atoms with Gasteiger partial charge in [-0.3, -0.25) is 33.6 Å². The van der Waals surface area contributed by atoms with Crippen LogP contribution in [-0.4, -0.2) is 215 Å². The Balaban J connectivity index is 1.03. The minimum absolute atomic E-state index is 0.0562. The van der Waals surface area contributed by atoms with Crippen LogP contribution in [0, 0.1) is 5.92 Å². The second kappa shape index (κ2) is 38.3. The maximum atomic E-state index is 16.7. The minimum atomic E-state index is -2.38. The summed E-state index contributed by atoms with van der Waals surface area (Å²) in [6.45, 7) is 8.39. The molecule has 24 N–H and O–H groups in total. The number of rotatable bonds is 20. The zero-order valence-corrected chi connectivity index (χ0v) is 70.7. The normalized spacial score (nSPS) is 29.6. The third-order valence-electron chi connectivity index (χ3n) is 23.1. The first kappa shape index (κ1) is 92.7. The predicted octanol–water partition coefficient (Wildman–Crippen LogP) is 3.30. The van der Waals surface area contributed by atoms with Gasteiger partial charge < -0.3 is 149 Å². The molecule has 11 bridgehead atoms. The number of hydrogen-bond acceptors (Lipinski definition) is 29. The molecule has 8 heterocycles. The molecule has 7 amide bonds. The van der Waals surface area contributed by atoms with Crippen molar-refractivity contribution >= 4 is 70.5 Å². The van der Waals surface area contributed by atoms with E-state index in [1.54, 1.807) is 12.1 Å². The van der Waals surface area contributed by atoms with Gasteiger partial charge in [0.2, 0.25) is 53.4 Å². The van der Waals surface area contributed by atoms with E-state index in [4.69, 9.17) is 78.3 Å². The largest absolute Gasteiger partial charge is 0.507 e. The van der Waals surface area contributed by atoms with Crippen molar-refractivity contribution in [2.45, 2.75) is 214 Å². The molecule has 126 heavy (non-hydrogen) atoms. The highest BCUT2D eigenvalue weighted by Gasteiger charge is 2.53. The number of nitrogens with two attached hydrogens (primary N) is 3. The lowest BCUT2D eigenvalue weighted by molar-refractivity contribution is -0.333. The fourth-order valence-corrected chi connectivity index (χ4v) is 16.6. The zero-order chi connectivity index (χ0) is 91.0. The molecule has 0 spiro atoms. The van der Waals surface area contributed by atoms with Crippen LogP contribution < -0.4 is 73.9 Å². The number of aliphatic carboxylic acids is 1. The summed E-state index contributed by atoms with van der Waals surface area (Å²) in [5.74, 6) is -15.7. The number of halogens is 2. The molecule has 3 fully saturated rings. The summed E-state index contributed by atoms with van der Waals surface area (Å²) in [6.07, 6.45) is -22.7. The molecule has 674 valence electrons. The van der Waals surface area contributed by atoms with E-state index in [0.29, 0.717) is 5.02 Å². The van der Waals surface area contributed by atoms with Gasteiger partial charge in [0.05, 0.1) is 54.1 Å². The Labute approximate surface area is 731 Å². The number of hydrogen-bond donors (Lipinski definition) is 21. The van der Waals surface area contributed by atoms with E-state index >= 15 is 24.0 Å². The molecular weight excluding hydrogens is 1690 g/mol. The fourth-order valence-electron chi connectivity index (χ4n) is 16.2. The highest BCUT2D eigenvalue weighted by atomic mass is 35.5. The Morgan fingerprint density at radius 3 is 1.83 bits per heavy atom. The van der Waals surface area contributed by atoms with Crippen LogP contribution in [0.1, 0.15) is 137 Å². The van der Waals surface area contributed by atoms with Crippen molar-refractivity contribution in [2.24, 2.45) is 23.1 Å². The lowest BCUT2D eigenvalue weighted by atomic mass is 9.86. The van der Waals surface area contributed by atoms with Gasteiger partial charge in [0, 0.05) is 58.7 Å². The van der Waals surface area contributed by atoms with Gasteiger partial charge in [0.1, 0.15) is 89.5 Å². The maximum Gasteiger partial charge on any atom is 0.330 e. The second-order valence-corrected chi connectivity index (χ2v) is 34.0. The molecule has 7 aromatic rings. The van der Waals surface area contributed by atoms with Crippen molar-refractivity contribution in [1.82, 2.24) is 42.5 Å². The number of phenols is 3. The lowest BCUT2D eigenvalue weighted by Gasteiger charge is -2.47. The van der Waals surface area contributed by atoms with Gasteiger partial charge in [0.25, 0.3) is 0 Å². The fraction of sp³-hybridized carbons (Fsp3) is 0.425. The summed E-state index contributed by atoms with van der Waals surface area (Å²) in [6, 6.07) is 15.2. The van der Waals surface area contributed by atoms with E-state index in [9.17, 15) is 65.4 Å². The number of primary amides is 1. The standard InChI is InChI=1S/C87H101Cl2N11O26/c1-36(2)24-52(93-7)78(111)99-67-69(105)44-17-23-56(51(89)26-44)122-58-28-45-27-57(74(58)126-85-75(72(108)71(107)59(35-101)123-85)125-62-32-87(6,92)77(110)38(4)120-62)121-47-20-14-42(15-21-47)73(124-61-31-86(5,91)76(109)37(3)119-61)68-83(116)98-66(84(117)118)49-29-55(103)50(34-94-33-39-8-10-40(11-9-39)41-12-18-46(88)19-13-41)70(106)63(49)48-25-43(16-22-54(48)102)64(80(113)100-68)97-81(114)65(45)96-79(112)53(30-60(90)104)95-82(67)115/h8-23,25-29,36-38,52-53,59,61-62,64-69,71-73,75-77,85,93-94,101-103,105-110H,24,30-35,91-92H2,1-7H3,(H2,90,104)(H,95,115)(H,96,112)(H,97,114)(H,98,116)(H,99,111)(H,100,113)(H,117,118)/t37-,38-,52+,53-,59+,61-,62-,64+,65+,66-,67+,68-,69+,71+,72-,73+,75+,76-,77-,85-,86-,87-/m0/s1. The number of nitrogens with one attached hydrogen (secondary N) is 8. The molecule has 0 aliphatic carbocycles. The number of amides is 7. The number of carboxylic acids is 1. The minimum Gasteiger partial charge on any atom is -0.507 e. The summed E-state index contributed by atoms with van der Waals surface area (Å²) >= 11 is 13.4. The molecule has 0 radical (unpaired) electrons. The third-order valence-corrected chi connectivity index (χ3v) is 23.7. The van der Waals surface area contributed by atoms with Crippen LogP contribution >= 0.6 is 23.2 Å². The number of benzene rings is 7. The van der Waals surface area contributed by atoms with Crippen molar-refractivity contribution in [2.75, 3.05) is 13.7 Å². The van der Waals surface area contributed by atoms with Crippen LogP contribution in [0.3, 0.4) is 0 Å². The highest BCUT2D eigenvalue weighted by molar-refractivity contribution is 6.32. The molecule has 0 aromatic heterocycles. The van der Waals surface area contributed by atoms with Crippen LogP contribution in [0.5, 0.6) is 46.0 Å². The predicted molar refractivity (Wildman–Crippen MR) is 448 cm³/mol. The number of ether oxygens (including phenoxy) is 8. The summed E-state index contributed by atoms with van der Waals surface area (Å²) in [5, 5.41) is 140. The van der Waals surface area contributed by atoms with Gasteiger partial charge in [-0.2, -0.15) is 0 Å². The molecule has 15 rings (SSSR count). The van der Waals surface area contributed by atoms with Crippen LogP contribution in [0.25, 0.3) is 22.3 Å². The van der Waals surface area contributed by atoms with Crippen LogP contribution in [-0.2, 0) is 75.1 Å². The SMILES string of the molecule is CN[C@H](CC(C)C)C(=O)N[C@H]1C(=O)N[C@@H](CC(N)=O)C(=O)N[C@H]2C(=O)N[C@H]3C(=O)N[C@H](C(=O)N[C@H](C(=O)O)c4cc(O)c(CNCc5ccc(-c6ccc(Cl)cc6)cc5)c(O)c4-c4cc3ccc4O)[C@H](O[C@H]3C[C@](C)(N)[C@@H](O)[C@H](C)O3)c3ccc(cc3)Oc3cc2cc(c3O[C@@H]2O[C@H](CO)[C@@H](O)[C@H](O)[C@H]2O[C@H]2C[C@](C)(N)[C@@H](O)[C@H](C)O2)Oc2ccc(cc2Cl)[C@H]1O. The monoisotopic (exact) mass is 1790 g/mol. The number of carbonyl (C=O) groups excluding carboxylic acids is 7. The van der Waals surface area contributed by atoms with Gasteiger partial charge in [-0.25, -0.2) is 4.79 Å². The van der Waals surface area contributed by atoms with E-state index in [0.717, 1.165) is 59.2 Å². The van der Waals surface area contributed by atoms with Crippen LogP contribution in [0.15, 0.2) is 127 Å². The maximum absolute atomic E-state index is 16.7. The lowest BCUT2D eigenvalue weighted by Crippen LogP contribution is -2.64. The van der Waals surface area contributed by atoms with Gasteiger partial charge in [-0.1, -0.05) is 97.7 Å². The smallest absolute Gasteiger partial charge is 0.330 e. The molecule has 37 nitrogen and oxygen atoms in total. The van der Waals surface area contributed by atoms with Crippen LogP contribution in [0.4, 0.5) is 0 Å². The number of likely N-dealkylation sites (N-methyl/N-ethyl adjacent to an activating group) is 1. The molecule has 22 atom stereocenters. The average molecular weight is 1790 g/mol. The molecule has 0 unspecified atom stereocenters.